The van der Waals surface area contributed by atoms with Gasteiger partial charge in [-0.3, -0.25) is 4.79 Å². The number of carbonyl (C=O) groups is 1. The highest BCUT2D eigenvalue weighted by molar-refractivity contribution is 9.28. The average molecular weight is 369 g/mol. The van der Waals surface area contributed by atoms with Crippen LogP contribution in [0.3, 0.4) is 0 Å². The van der Waals surface area contributed by atoms with Gasteiger partial charge in [0.25, 0.3) is 0 Å². The third-order valence-corrected chi connectivity index (χ3v) is 9.73. The Morgan fingerprint density at radius 1 is 1.44 bits per heavy atom. The van der Waals surface area contributed by atoms with Crippen LogP contribution in [0.2, 0.25) is 18.1 Å². The van der Waals surface area contributed by atoms with Crippen LogP contribution in [-0.4, -0.2) is 24.7 Å². The molecule has 16 heavy (non-hydrogen) atoms. The van der Waals surface area contributed by atoms with Crippen molar-refractivity contribution >= 4 is 46.0 Å². The Morgan fingerprint density at radius 2 is 1.94 bits per heavy atom. The molecule has 5 heteroatoms. The van der Waals surface area contributed by atoms with Gasteiger partial charge in [0.15, 0.2) is 8.24 Å². The molecule has 0 aliphatic carbocycles. The third-order valence-electron chi connectivity index (χ3n) is 3.74. The molecule has 1 unspecified atom stereocenters. The summed E-state index contributed by atoms with van der Waals surface area (Å²) in [4.78, 5) is 11.8. The number of hydrogen-bond acceptors (Lipinski definition) is 1. The first-order chi connectivity index (χ1) is 7.07. The highest BCUT2D eigenvalue weighted by atomic mass is 79.9. The summed E-state index contributed by atoms with van der Waals surface area (Å²) in [5.41, 5.74) is 0. The zero-order chi connectivity index (χ0) is 12.7. The molecule has 0 saturated carbocycles. The van der Waals surface area contributed by atoms with Crippen molar-refractivity contribution in [3.8, 4) is 0 Å². The largest absolute Gasteiger partial charge is 0.363 e. The average Bonchev–Trinajstić information content (AvgIpc) is 1.98. The molecule has 1 atom stereocenters. The fourth-order valence-electron chi connectivity index (χ4n) is 1.81. The molecule has 1 amide bonds. The van der Waals surface area contributed by atoms with Crippen molar-refractivity contribution in [2.75, 3.05) is 0 Å². The molecule has 0 radical (unpaired) electrons. The smallest absolute Gasteiger partial charge is 0.217 e. The van der Waals surface area contributed by atoms with Crippen LogP contribution in [0.15, 0.2) is 9.47 Å². The second-order valence-corrected chi connectivity index (χ2v) is 13.7. The summed E-state index contributed by atoms with van der Waals surface area (Å²) in [6, 6.07) is 0.266. The van der Waals surface area contributed by atoms with E-state index in [4.69, 9.17) is 0 Å². The summed E-state index contributed by atoms with van der Waals surface area (Å²) < 4.78 is 3.05. The van der Waals surface area contributed by atoms with Crippen LogP contribution in [0.1, 0.15) is 27.2 Å². The van der Waals surface area contributed by atoms with Crippen molar-refractivity contribution in [3.63, 3.8) is 0 Å². The Balaban J connectivity index is 2.94. The zero-order valence-electron chi connectivity index (χ0n) is 10.5. The Kier molecular flexibility index (Phi) is 4.13. The number of carbonyl (C=O) groups excluding carboxylic acids is 1. The maximum Gasteiger partial charge on any atom is 0.217 e. The molecule has 1 aliphatic heterocycles. The third kappa shape index (κ3) is 2.62. The highest BCUT2D eigenvalue weighted by Crippen LogP contribution is 2.43. The van der Waals surface area contributed by atoms with E-state index in [0.717, 1.165) is 3.39 Å². The van der Waals surface area contributed by atoms with Crippen LogP contribution >= 0.6 is 31.9 Å². The van der Waals surface area contributed by atoms with Crippen molar-refractivity contribution in [1.82, 2.24) is 4.57 Å². The van der Waals surface area contributed by atoms with E-state index in [1.807, 2.05) is 0 Å². The number of nitrogens with zero attached hydrogens (tertiary/aromatic N) is 1. The van der Waals surface area contributed by atoms with E-state index in [2.05, 4.69) is 76.4 Å². The Morgan fingerprint density at radius 3 is 2.25 bits per heavy atom. The van der Waals surface area contributed by atoms with Crippen LogP contribution in [0.25, 0.3) is 0 Å². The second kappa shape index (κ2) is 4.57. The van der Waals surface area contributed by atoms with E-state index in [1.54, 1.807) is 0 Å². The molecule has 1 aliphatic rings. The minimum atomic E-state index is -1.72. The fourth-order valence-corrected chi connectivity index (χ4v) is 4.85. The number of β-lactam (4-membered cyclic amide) rings is 1. The number of hydrogen-bond donors (Lipinski definition) is 0. The predicted molar refractivity (Wildman–Crippen MR) is 78.4 cm³/mol. The normalized spacial score (nSPS) is 21.8. The van der Waals surface area contributed by atoms with E-state index in [1.165, 1.54) is 0 Å². The SMILES string of the molecule is CC(C)(C)[Si](C)(C)N1C(=O)CC1C=C(Br)Br. The molecule has 0 aromatic rings. The molecule has 0 aromatic carbocycles. The van der Waals surface area contributed by atoms with Crippen molar-refractivity contribution in [2.24, 2.45) is 0 Å². The van der Waals surface area contributed by atoms with Crippen LogP contribution in [0, 0.1) is 0 Å². The lowest BCUT2D eigenvalue weighted by molar-refractivity contribution is -0.137. The number of halogens is 2. The first-order valence-electron chi connectivity index (χ1n) is 5.42. The molecule has 0 spiro atoms. The van der Waals surface area contributed by atoms with Gasteiger partial charge in [-0.2, -0.15) is 0 Å². The van der Waals surface area contributed by atoms with E-state index >= 15 is 0 Å². The molecule has 2 nitrogen and oxygen atoms in total. The van der Waals surface area contributed by atoms with Crippen LogP contribution in [-0.2, 0) is 4.79 Å². The first kappa shape index (κ1) is 14.4. The van der Waals surface area contributed by atoms with Gasteiger partial charge in [-0.15, -0.1) is 0 Å². The standard InChI is InChI=1S/C11H19Br2NOSi/c1-11(2,3)16(4,5)14-8(6-9(12)13)7-10(14)15/h6,8H,7H2,1-5H3. The Hall–Kier alpha value is 0.387. The van der Waals surface area contributed by atoms with Crippen molar-refractivity contribution in [2.45, 2.75) is 51.4 Å². The lowest BCUT2D eigenvalue weighted by Crippen LogP contribution is -2.67. The second-order valence-electron chi connectivity index (χ2n) is 5.80. The van der Waals surface area contributed by atoms with Gasteiger partial charge in [0.05, 0.1) is 9.43 Å². The summed E-state index contributed by atoms with van der Waals surface area (Å²) in [6.07, 6.45) is 2.72. The monoisotopic (exact) mass is 367 g/mol. The summed E-state index contributed by atoms with van der Waals surface area (Å²) in [5, 5.41) is 0.202. The topological polar surface area (TPSA) is 20.3 Å². The van der Waals surface area contributed by atoms with E-state index in [9.17, 15) is 4.79 Å². The van der Waals surface area contributed by atoms with Crippen molar-refractivity contribution in [3.05, 3.63) is 9.47 Å². The number of rotatable bonds is 2. The van der Waals surface area contributed by atoms with E-state index < -0.39 is 8.24 Å². The summed E-state index contributed by atoms with van der Waals surface area (Å²) in [6.45, 7) is 11.2. The van der Waals surface area contributed by atoms with Gasteiger partial charge in [0.1, 0.15) is 0 Å². The van der Waals surface area contributed by atoms with Gasteiger partial charge in [0.2, 0.25) is 5.91 Å². The van der Waals surface area contributed by atoms with E-state index in [0.29, 0.717) is 12.3 Å². The minimum Gasteiger partial charge on any atom is -0.363 e. The van der Waals surface area contributed by atoms with Crippen molar-refractivity contribution < 1.29 is 4.79 Å². The van der Waals surface area contributed by atoms with Gasteiger partial charge in [-0.25, -0.2) is 0 Å². The molecule has 1 saturated heterocycles. The molecule has 1 heterocycles. The van der Waals surface area contributed by atoms with Gasteiger partial charge in [-0.05, 0) is 43.0 Å². The van der Waals surface area contributed by atoms with Gasteiger partial charge >= 0.3 is 0 Å². The maximum absolute atomic E-state index is 11.8. The van der Waals surface area contributed by atoms with E-state index in [-0.39, 0.29) is 11.1 Å². The molecule has 0 aromatic heterocycles. The number of amides is 1. The van der Waals surface area contributed by atoms with Gasteiger partial charge < -0.3 is 4.57 Å². The molecule has 1 rings (SSSR count). The van der Waals surface area contributed by atoms with Crippen LogP contribution in [0.4, 0.5) is 0 Å². The summed E-state index contributed by atoms with van der Waals surface area (Å²) >= 11 is 6.74. The maximum atomic E-state index is 11.8. The zero-order valence-corrected chi connectivity index (χ0v) is 14.6. The Labute approximate surface area is 116 Å². The molecule has 1 fully saturated rings. The van der Waals surface area contributed by atoms with Crippen molar-refractivity contribution in [1.29, 1.82) is 0 Å². The molecular formula is C11H19Br2NOSi. The molecule has 0 bridgehead atoms. The Bertz CT molecular complexity index is 329. The van der Waals surface area contributed by atoms with Gasteiger partial charge in [-0.1, -0.05) is 33.9 Å². The molecular weight excluding hydrogens is 350 g/mol. The van der Waals surface area contributed by atoms with Gasteiger partial charge in [0, 0.05) is 6.42 Å². The molecule has 92 valence electrons. The lowest BCUT2D eigenvalue weighted by Gasteiger charge is -2.54. The first-order valence-corrected chi connectivity index (χ1v) is 9.95. The summed E-state index contributed by atoms with van der Waals surface area (Å²) in [7, 11) is -1.72. The summed E-state index contributed by atoms with van der Waals surface area (Å²) in [5.74, 6) is 0.300. The lowest BCUT2D eigenvalue weighted by atomic mass is 10.1. The predicted octanol–water partition coefficient (Wildman–Crippen LogP) is 4.22. The quantitative estimate of drug-likeness (QED) is 0.527. The van der Waals surface area contributed by atoms with Crippen LogP contribution in [0.5, 0.6) is 0 Å². The highest BCUT2D eigenvalue weighted by Gasteiger charge is 2.50. The molecule has 0 N–H and O–H groups in total. The fraction of sp³-hybridized carbons (Fsp3) is 0.727. The minimum absolute atomic E-state index is 0.202. The van der Waals surface area contributed by atoms with Crippen LogP contribution < -0.4 is 0 Å².